The average molecular weight is 526 g/mol. The Kier molecular flexibility index (Phi) is 7.21. The summed E-state index contributed by atoms with van der Waals surface area (Å²) in [6.45, 7) is 3.46. The highest BCUT2D eigenvalue weighted by Crippen LogP contribution is 2.54. The summed E-state index contributed by atoms with van der Waals surface area (Å²) in [5.74, 6) is 0.414. The Morgan fingerprint density at radius 1 is 1.16 bits per heavy atom. The van der Waals surface area contributed by atoms with Crippen LogP contribution in [0.15, 0.2) is 42.6 Å². The van der Waals surface area contributed by atoms with E-state index in [0.717, 1.165) is 37.3 Å². The second-order valence-electron chi connectivity index (χ2n) is 10.3. The first-order valence-electron chi connectivity index (χ1n) is 12.6. The molecule has 1 spiro atoms. The molecule has 1 amide bonds. The SMILES string of the molecule is CC1(CO)C=CN([O-])c2ccc(C(=O)Nc3ccc(NSCCO)cc3N3CCC4(CC3)CC4)nc2N1. The molecule has 198 valence electrons. The predicted molar refractivity (Wildman–Crippen MR) is 149 cm³/mol. The van der Waals surface area contributed by atoms with Gasteiger partial charge in [0.25, 0.3) is 5.91 Å². The van der Waals surface area contributed by atoms with Crippen LogP contribution in [-0.2, 0) is 0 Å². The lowest BCUT2D eigenvalue weighted by molar-refractivity contribution is 0.102. The number of amides is 1. The lowest BCUT2D eigenvalue weighted by atomic mass is 9.93. The normalized spacial score (nSPS) is 21.7. The summed E-state index contributed by atoms with van der Waals surface area (Å²) in [6, 6.07) is 8.89. The number of carbonyl (C=O) groups excluding carboxylic acids is 1. The Bertz CT molecular complexity index is 1180. The van der Waals surface area contributed by atoms with Crippen LogP contribution in [0.4, 0.5) is 28.6 Å². The summed E-state index contributed by atoms with van der Waals surface area (Å²) < 4.78 is 3.26. The van der Waals surface area contributed by atoms with E-state index >= 15 is 0 Å². The monoisotopic (exact) mass is 525 g/mol. The van der Waals surface area contributed by atoms with Gasteiger partial charge in [-0.3, -0.25) is 4.79 Å². The van der Waals surface area contributed by atoms with Crippen LogP contribution >= 0.6 is 11.9 Å². The maximum atomic E-state index is 13.3. The minimum absolute atomic E-state index is 0.0904. The van der Waals surface area contributed by atoms with Crippen LogP contribution in [0.1, 0.15) is 43.1 Å². The number of aliphatic hydroxyl groups is 2. The van der Waals surface area contributed by atoms with Gasteiger partial charge in [0, 0.05) is 24.5 Å². The van der Waals surface area contributed by atoms with E-state index in [-0.39, 0.29) is 30.4 Å². The fraction of sp³-hybridized carbons (Fsp3) is 0.462. The van der Waals surface area contributed by atoms with Crippen molar-refractivity contribution < 1.29 is 15.0 Å². The topological polar surface area (TPSA) is 136 Å². The van der Waals surface area contributed by atoms with Crippen LogP contribution in [0, 0.1) is 10.6 Å². The van der Waals surface area contributed by atoms with Crippen molar-refractivity contribution in [3.05, 3.63) is 53.5 Å². The first-order valence-corrected chi connectivity index (χ1v) is 13.6. The van der Waals surface area contributed by atoms with E-state index in [9.17, 15) is 15.1 Å². The van der Waals surface area contributed by atoms with E-state index in [4.69, 9.17) is 5.11 Å². The molecule has 3 heterocycles. The third kappa shape index (κ3) is 5.64. The summed E-state index contributed by atoms with van der Waals surface area (Å²) in [5, 5.41) is 38.1. The molecule has 2 fully saturated rings. The molecule has 0 radical (unpaired) electrons. The van der Waals surface area contributed by atoms with Gasteiger partial charge in [0.05, 0.1) is 35.8 Å². The van der Waals surface area contributed by atoms with Crippen molar-refractivity contribution >= 4 is 46.4 Å². The summed E-state index contributed by atoms with van der Waals surface area (Å²) >= 11 is 1.43. The van der Waals surface area contributed by atoms with E-state index in [0.29, 0.717) is 21.9 Å². The van der Waals surface area contributed by atoms with Crippen molar-refractivity contribution in [1.82, 2.24) is 4.98 Å². The lowest BCUT2D eigenvalue weighted by Gasteiger charge is -2.35. The maximum Gasteiger partial charge on any atom is 0.274 e. The van der Waals surface area contributed by atoms with Crippen LogP contribution in [-0.4, -0.2) is 58.7 Å². The van der Waals surface area contributed by atoms with Crippen molar-refractivity contribution in [2.24, 2.45) is 5.41 Å². The van der Waals surface area contributed by atoms with Crippen LogP contribution < -0.4 is 25.3 Å². The highest BCUT2D eigenvalue weighted by Gasteiger charge is 2.44. The fourth-order valence-corrected chi connectivity index (χ4v) is 5.28. The molecule has 1 aliphatic carbocycles. The van der Waals surface area contributed by atoms with Gasteiger partial charge in [0.2, 0.25) is 0 Å². The van der Waals surface area contributed by atoms with Gasteiger partial charge in [-0.25, -0.2) is 4.98 Å². The van der Waals surface area contributed by atoms with Crippen LogP contribution in [0.5, 0.6) is 0 Å². The van der Waals surface area contributed by atoms with Crippen LogP contribution in [0.25, 0.3) is 0 Å². The van der Waals surface area contributed by atoms with Gasteiger partial charge in [-0.1, -0.05) is 11.9 Å². The number of pyridine rings is 1. The van der Waals surface area contributed by atoms with E-state index in [1.165, 1.54) is 37.1 Å². The first-order chi connectivity index (χ1) is 17.8. The molecule has 3 aliphatic rings. The van der Waals surface area contributed by atoms with Gasteiger partial charge < -0.3 is 40.7 Å². The molecule has 1 atom stereocenters. The zero-order valence-corrected chi connectivity index (χ0v) is 21.7. The number of anilines is 5. The summed E-state index contributed by atoms with van der Waals surface area (Å²) in [7, 11) is 0. The highest BCUT2D eigenvalue weighted by atomic mass is 32.2. The number of nitrogens with zero attached hydrogens (tertiary/aromatic N) is 3. The Labute approximate surface area is 220 Å². The number of carbonyl (C=O) groups is 1. The number of hydrogen-bond donors (Lipinski definition) is 5. The minimum Gasteiger partial charge on any atom is -0.754 e. The van der Waals surface area contributed by atoms with Gasteiger partial charge in [0.1, 0.15) is 5.69 Å². The molecule has 1 aromatic carbocycles. The molecule has 5 rings (SSSR count). The molecule has 1 saturated carbocycles. The van der Waals surface area contributed by atoms with Crippen molar-refractivity contribution in [2.75, 3.05) is 57.4 Å². The number of rotatable bonds is 8. The predicted octanol–water partition coefficient (Wildman–Crippen LogP) is 3.76. The zero-order valence-electron chi connectivity index (χ0n) is 20.9. The number of fused-ring (bicyclic) bond motifs is 1. The number of benzene rings is 1. The number of hydrogen-bond acceptors (Lipinski definition) is 10. The number of nitrogens with one attached hydrogen (secondary N) is 3. The number of aliphatic hydroxyl groups excluding tert-OH is 2. The minimum atomic E-state index is -0.882. The highest BCUT2D eigenvalue weighted by molar-refractivity contribution is 8.00. The molecule has 5 N–H and O–H groups in total. The molecule has 1 aromatic heterocycles. The fourth-order valence-electron chi connectivity index (χ4n) is 4.79. The maximum absolute atomic E-state index is 13.3. The summed E-state index contributed by atoms with van der Waals surface area (Å²) in [4.78, 5) is 20.1. The lowest BCUT2D eigenvalue weighted by Crippen LogP contribution is -2.36. The number of hydroxylamine groups is 1. The smallest absolute Gasteiger partial charge is 0.274 e. The van der Waals surface area contributed by atoms with Crippen LogP contribution in [0.2, 0.25) is 0 Å². The second-order valence-corrected chi connectivity index (χ2v) is 11.2. The second kappa shape index (κ2) is 10.4. The zero-order chi connectivity index (χ0) is 26.0. The Hall–Kier alpha value is -2.99. The molecule has 1 saturated heterocycles. The Balaban J connectivity index is 1.38. The summed E-state index contributed by atoms with van der Waals surface area (Å²) in [6.07, 6.45) is 7.84. The van der Waals surface area contributed by atoms with Crippen LogP contribution in [0.3, 0.4) is 0 Å². The van der Waals surface area contributed by atoms with Gasteiger partial charge in [-0.15, -0.1) is 0 Å². The van der Waals surface area contributed by atoms with E-state index in [2.05, 4.69) is 25.2 Å². The van der Waals surface area contributed by atoms with Gasteiger partial charge in [0.15, 0.2) is 5.82 Å². The molecule has 2 aromatic rings. The largest absolute Gasteiger partial charge is 0.754 e. The molecule has 37 heavy (non-hydrogen) atoms. The average Bonchev–Trinajstić information content (AvgIpc) is 3.68. The van der Waals surface area contributed by atoms with Gasteiger partial charge in [-0.05, 0) is 80.6 Å². The van der Waals surface area contributed by atoms with E-state index in [1.807, 2.05) is 18.2 Å². The molecule has 10 nitrogen and oxygen atoms in total. The third-order valence-corrected chi connectivity index (χ3v) is 8.17. The molecular weight excluding hydrogens is 492 g/mol. The van der Waals surface area contributed by atoms with Gasteiger partial charge >= 0.3 is 0 Å². The Morgan fingerprint density at radius 3 is 2.65 bits per heavy atom. The Morgan fingerprint density at radius 2 is 1.95 bits per heavy atom. The molecule has 1 unspecified atom stereocenters. The quantitative estimate of drug-likeness (QED) is 0.256. The van der Waals surface area contributed by atoms with Gasteiger partial charge in [-0.2, -0.15) is 0 Å². The van der Waals surface area contributed by atoms with Crippen molar-refractivity contribution in [3.8, 4) is 0 Å². The van der Waals surface area contributed by atoms with E-state index in [1.54, 1.807) is 19.1 Å². The number of piperidine rings is 1. The molecule has 11 heteroatoms. The van der Waals surface area contributed by atoms with Crippen molar-refractivity contribution in [2.45, 2.75) is 38.1 Å². The molecular formula is C26H33N6O4S-. The molecule has 0 bridgehead atoms. The summed E-state index contributed by atoms with van der Waals surface area (Å²) in [5.41, 5.74) is 2.59. The third-order valence-electron chi connectivity index (χ3n) is 7.41. The first kappa shape index (κ1) is 25.7. The van der Waals surface area contributed by atoms with E-state index < -0.39 is 11.4 Å². The van der Waals surface area contributed by atoms with Crippen molar-refractivity contribution in [1.29, 1.82) is 0 Å². The molecule has 2 aliphatic heterocycles. The number of aromatic nitrogens is 1. The standard InChI is InChI=1S/C26H33N6O4S/c1-25(17-34)8-13-32(36)21-5-4-20(27-23(21)29-25)24(35)28-19-3-2-18(30-37-15-14-33)16-22(19)31-11-9-26(6-7-26)10-12-31/h2-5,8,13,16,30,33-34H,6-7,9-12,14-15,17H2,1H3,(H,27,29)(H,28,35)/q-1. The van der Waals surface area contributed by atoms with Crippen molar-refractivity contribution in [3.63, 3.8) is 0 Å².